The van der Waals surface area contributed by atoms with Crippen LogP contribution in [0.2, 0.25) is 0 Å². The zero-order chi connectivity index (χ0) is 20.4. The molecule has 0 unspecified atom stereocenters. The lowest BCUT2D eigenvalue weighted by atomic mass is 9.94. The van der Waals surface area contributed by atoms with Crippen molar-refractivity contribution in [2.75, 3.05) is 6.61 Å². The van der Waals surface area contributed by atoms with E-state index in [4.69, 9.17) is 4.74 Å². The van der Waals surface area contributed by atoms with Crippen molar-refractivity contribution in [1.82, 2.24) is 4.57 Å². The Hall–Kier alpha value is -2.73. The molecule has 0 fully saturated rings. The molecule has 1 aromatic carbocycles. The number of fused-ring (bicyclic) bond motifs is 1. The minimum atomic E-state index is -0.528. The molecule has 0 spiro atoms. The molecule has 2 heterocycles. The molecule has 5 nitrogen and oxygen atoms in total. The van der Waals surface area contributed by atoms with E-state index in [1.54, 1.807) is 11.5 Å². The first-order chi connectivity index (χ1) is 14.1. The summed E-state index contributed by atoms with van der Waals surface area (Å²) in [6.45, 7) is 3.86. The van der Waals surface area contributed by atoms with Crippen LogP contribution in [0.25, 0.3) is 6.08 Å². The normalized spacial score (nSPS) is 21.7. The molecule has 6 heteroatoms. The highest BCUT2D eigenvalue weighted by molar-refractivity contribution is 7.07. The molecule has 150 valence electrons. The molecule has 0 bridgehead atoms. The van der Waals surface area contributed by atoms with Crippen molar-refractivity contribution in [3.05, 3.63) is 79.0 Å². The maximum absolute atomic E-state index is 13.4. The van der Waals surface area contributed by atoms with Gasteiger partial charge in [-0.3, -0.25) is 9.36 Å². The van der Waals surface area contributed by atoms with E-state index >= 15 is 0 Å². The van der Waals surface area contributed by atoms with Crippen molar-refractivity contribution in [2.24, 2.45) is 10.9 Å². The Bertz CT molecular complexity index is 1150. The van der Waals surface area contributed by atoms with Crippen LogP contribution < -0.4 is 14.9 Å². The molecule has 0 radical (unpaired) electrons. The monoisotopic (exact) mass is 408 g/mol. The van der Waals surface area contributed by atoms with Gasteiger partial charge < -0.3 is 4.74 Å². The SMILES string of the molecule is CCOC(=O)C1=C(C)N=c2s/c(=C/[C@H]3CC=CCC3)c(=O)n2[C@@H]1c1ccccc1. The molecular formula is C23H24N2O3S. The van der Waals surface area contributed by atoms with E-state index in [0.717, 1.165) is 24.8 Å². The number of esters is 1. The van der Waals surface area contributed by atoms with Gasteiger partial charge in [-0.2, -0.15) is 0 Å². The largest absolute Gasteiger partial charge is 0.463 e. The zero-order valence-electron chi connectivity index (χ0n) is 16.6. The molecule has 1 aromatic heterocycles. The minimum Gasteiger partial charge on any atom is -0.463 e. The number of benzene rings is 1. The summed E-state index contributed by atoms with van der Waals surface area (Å²) in [6.07, 6.45) is 9.50. The van der Waals surface area contributed by atoms with E-state index in [1.165, 1.54) is 11.3 Å². The van der Waals surface area contributed by atoms with Crippen LogP contribution >= 0.6 is 11.3 Å². The summed E-state index contributed by atoms with van der Waals surface area (Å²) in [6, 6.07) is 9.09. The van der Waals surface area contributed by atoms with Crippen molar-refractivity contribution in [1.29, 1.82) is 0 Å². The van der Waals surface area contributed by atoms with Gasteiger partial charge in [0.15, 0.2) is 4.80 Å². The van der Waals surface area contributed by atoms with Crippen LogP contribution in [0.4, 0.5) is 0 Å². The smallest absolute Gasteiger partial charge is 0.338 e. The molecule has 0 amide bonds. The standard InChI is InChI=1S/C23H24N2O3S/c1-3-28-22(27)19-15(2)24-23-25(20(19)17-12-8-5-9-13-17)21(26)18(29-23)14-16-10-6-4-7-11-16/h4-6,8-9,12-14,16,20H,3,7,10-11H2,1-2H3/b18-14+/t16-,20+/m0/s1. The van der Waals surface area contributed by atoms with E-state index in [0.29, 0.717) is 26.5 Å². The van der Waals surface area contributed by atoms with Gasteiger partial charge in [0.1, 0.15) is 0 Å². The molecular weight excluding hydrogens is 384 g/mol. The van der Waals surface area contributed by atoms with Crippen LogP contribution in [0.3, 0.4) is 0 Å². The molecule has 2 atom stereocenters. The predicted octanol–water partition coefficient (Wildman–Crippen LogP) is 3.11. The molecule has 1 aliphatic carbocycles. The lowest BCUT2D eigenvalue weighted by molar-refractivity contribution is -0.139. The van der Waals surface area contributed by atoms with Crippen LogP contribution in [0, 0.1) is 5.92 Å². The summed E-state index contributed by atoms with van der Waals surface area (Å²) in [5.74, 6) is -0.0588. The Kier molecular flexibility index (Phi) is 5.62. The van der Waals surface area contributed by atoms with Gasteiger partial charge >= 0.3 is 5.97 Å². The average Bonchev–Trinajstić information content (AvgIpc) is 3.03. The summed E-state index contributed by atoms with van der Waals surface area (Å²) >= 11 is 1.40. The lowest BCUT2D eigenvalue weighted by Crippen LogP contribution is -2.40. The van der Waals surface area contributed by atoms with Crippen LogP contribution in [-0.2, 0) is 9.53 Å². The Balaban J connectivity index is 1.90. The number of thiazole rings is 1. The molecule has 2 aliphatic rings. The second-order valence-electron chi connectivity index (χ2n) is 7.28. The number of hydrogen-bond donors (Lipinski definition) is 0. The van der Waals surface area contributed by atoms with Gasteiger partial charge in [0, 0.05) is 0 Å². The zero-order valence-corrected chi connectivity index (χ0v) is 17.4. The van der Waals surface area contributed by atoms with Crippen molar-refractivity contribution in [3.8, 4) is 0 Å². The summed E-state index contributed by atoms with van der Waals surface area (Å²) in [4.78, 5) is 31.4. The number of nitrogens with zero attached hydrogens (tertiary/aromatic N) is 2. The van der Waals surface area contributed by atoms with Gasteiger partial charge in [-0.25, -0.2) is 9.79 Å². The van der Waals surface area contributed by atoms with E-state index in [-0.39, 0.29) is 12.2 Å². The fourth-order valence-corrected chi connectivity index (χ4v) is 5.05. The topological polar surface area (TPSA) is 60.7 Å². The van der Waals surface area contributed by atoms with Gasteiger partial charge in [-0.1, -0.05) is 59.9 Å². The first-order valence-electron chi connectivity index (χ1n) is 10.00. The summed E-state index contributed by atoms with van der Waals surface area (Å²) < 4.78 is 7.66. The highest BCUT2D eigenvalue weighted by Crippen LogP contribution is 2.30. The number of hydrogen-bond acceptors (Lipinski definition) is 5. The first kappa shape index (κ1) is 19.6. The highest BCUT2D eigenvalue weighted by Gasteiger charge is 2.33. The van der Waals surface area contributed by atoms with Crippen molar-refractivity contribution >= 4 is 23.4 Å². The van der Waals surface area contributed by atoms with E-state index in [9.17, 15) is 9.59 Å². The fraction of sp³-hybridized carbons (Fsp3) is 0.348. The summed E-state index contributed by atoms with van der Waals surface area (Å²) in [7, 11) is 0. The molecule has 1 aliphatic heterocycles. The van der Waals surface area contributed by atoms with Crippen LogP contribution in [0.5, 0.6) is 0 Å². The van der Waals surface area contributed by atoms with Gasteiger partial charge in [-0.05, 0) is 44.6 Å². The molecule has 0 N–H and O–H groups in total. The van der Waals surface area contributed by atoms with Gasteiger partial charge in [0.2, 0.25) is 0 Å². The molecule has 29 heavy (non-hydrogen) atoms. The number of ether oxygens (including phenoxy) is 1. The van der Waals surface area contributed by atoms with Crippen LogP contribution in [0.1, 0.15) is 44.7 Å². The van der Waals surface area contributed by atoms with Gasteiger partial charge in [-0.15, -0.1) is 0 Å². The fourth-order valence-electron chi connectivity index (χ4n) is 3.94. The highest BCUT2D eigenvalue weighted by atomic mass is 32.1. The van der Waals surface area contributed by atoms with Gasteiger partial charge in [0.05, 0.1) is 28.5 Å². The molecule has 2 aromatic rings. The van der Waals surface area contributed by atoms with Crippen molar-refractivity contribution < 1.29 is 9.53 Å². The quantitative estimate of drug-likeness (QED) is 0.577. The van der Waals surface area contributed by atoms with Crippen molar-refractivity contribution in [3.63, 3.8) is 0 Å². The Morgan fingerprint density at radius 3 is 2.79 bits per heavy atom. The minimum absolute atomic E-state index is 0.0912. The third kappa shape index (κ3) is 3.77. The number of aromatic nitrogens is 1. The molecule has 4 rings (SSSR count). The maximum Gasteiger partial charge on any atom is 0.338 e. The Labute approximate surface area is 173 Å². The third-order valence-corrected chi connectivity index (χ3v) is 6.33. The number of rotatable bonds is 4. The average molecular weight is 409 g/mol. The second-order valence-corrected chi connectivity index (χ2v) is 8.29. The number of carbonyl (C=O) groups is 1. The number of carbonyl (C=O) groups excluding carboxylic acids is 1. The van der Waals surface area contributed by atoms with E-state index in [1.807, 2.05) is 37.3 Å². The van der Waals surface area contributed by atoms with Gasteiger partial charge in [0.25, 0.3) is 5.56 Å². The summed E-state index contributed by atoms with van der Waals surface area (Å²) in [5, 5.41) is 0. The third-order valence-electron chi connectivity index (χ3n) is 5.33. The molecule has 0 saturated heterocycles. The Morgan fingerprint density at radius 2 is 2.10 bits per heavy atom. The lowest BCUT2D eigenvalue weighted by Gasteiger charge is -2.24. The van der Waals surface area contributed by atoms with E-state index < -0.39 is 12.0 Å². The summed E-state index contributed by atoms with van der Waals surface area (Å²) in [5.41, 5.74) is 1.81. The van der Waals surface area contributed by atoms with Crippen LogP contribution in [0.15, 0.2) is 63.5 Å². The molecule has 0 saturated carbocycles. The second kappa shape index (κ2) is 8.33. The number of allylic oxidation sites excluding steroid dienone is 3. The maximum atomic E-state index is 13.4. The van der Waals surface area contributed by atoms with Crippen molar-refractivity contribution in [2.45, 2.75) is 39.2 Å². The first-order valence-corrected chi connectivity index (χ1v) is 10.8. The van der Waals surface area contributed by atoms with E-state index in [2.05, 4.69) is 23.2 Å². The Morgan fingerprint density at radius 1 is 1.31 bits per heavy atom. The predicted molar refractivity (Wildman–Crippen MR) is 114 cm³/mol. The van der Waals surface area contributed by atoms with Crippen LogP contribution in [-0.4, -0.2) is 17.1 Å².